The zero-order valence-corrected chi connectivity index (χ0v) is 24.5. The normalized spacial score (nSPS) is 17.0. The number of nitrogens with zero attached hydrogens (tertiary/aromatic N) is 6. The number of fused-ring (bicyclic) bond motifs is 1. The molecule has 0 radical (unpaired) electrons. The molecule has 1 saturated heterocycles. The third-order valence-corrected chi connectivity index (χ3v) is 8.24. The van der Waals surface area contributed by atoms with E-state index in [-0.39, 0.29) is 35.1 Å². The molecule has 1 aromatic carbocycles. The highest BCUT2D eigenvalue weighted by atomic mass is 19.1. The van der Waals surface area contributed by atoms with E-state index in [1.807, 2.05) is 24.0 Å². The van der Waals surface area contributed by atoms with Crippen molar-refractivity contribution in [2.75, 3.05) is 31.6 Å². The second-order valence-corrected chi connectivity index (χ2v) is 11.1. The Morgan fingerprint density at radius 2 is 1.98 bits per heavy atom. The van der Waals surface area contributed by atoms with Crippen molar-refractivity contribution >= 4 is 28.9 Å². The summed E-state index contributed by atoms with van der Waals surface area (Å²) in [6.45, 7) is 5.52. The number of rotatable bonds is 9. The Bertz CT molecular complexity index is 1730. The number of methoxy groups -OCH3 is 1. The molecule has 3 aromatic heterocycles. The Balaban J connectivity index is 1.21. The lowest BCUT2D eigenvalue weighted by Gasteiger charge is -2.16. The van der Waals surface area contributed by atoms with Gasteiger partial charge in [-0.3, -0.25) is 9.59 Å². The molecule has 1 aliphatic carbocycles. The maximum Gasteiger partial charge on any atom is 0.310 e. The monoisotopic (exact) mass is 583 g/mol. The van der Waals surface area contributed by atoms with Gasteiger partial charge in [0.05, 0.1) is 19.2 Å². The summed E-state index contributed by atoms with van der Waals surface area (Å²) < 4.78 is 21.8. The maximum absolute atomic E-state index is 15.3. The van der Waals surface area contributed by atoms with Gasteiger partial charge in [-0.15, -0.1) is 0 Å². The molecule has 1 amide bonds. The number of halogens is 1. The number of carbonyl (C=O) groups is 2. The summed E-state index contributed by atoms with van der Waals surface area (Å²) in [5, 5.41) is 7.63. The SMILES string of the molecule is C/C=C(/C)c1ccccc1CCNC(=O)c1cc(C2CC2)n2nc(-c3ncc(N4CC[C@H](C(=O)OC)C4)nc3F)cc2n1. The smallest absolute Gasteiger partial charge is 0.310 e. The average Bonchev–Trinajstić information content (AvgIpc) is 3.58. The fraction of sp³-hybridized carbons (Fsp3) is 0.375. The van der Waals surface area contributed by atoms with Gasteiger partial charge in [0, 0.05) is 37.3 Å². The van der Waals surface area contributed by atoms with Crippen LogP contribution in [0.15, 0.2) is 48.7 Å². The lowest BCUT2D eigenvalue weighted by molar-refractivity contribution is -0.144. The number of allylic oxidation sites excluding steroid dienone is 2. The molecule has 1 atom stereocenters. The third-order valence-electron chi connectivity index (χ3n) is 8.24. The third kappa shape index (κ3) is 5.84. The molecule has 2 aliphatic rings. The van der Waals surface area contributed by atoms with Crippen LogP contribution in [0.25, 0.3) is 22.6 Å². The number of anilines is 1. The Kier molecular flexibility index (Phi) is 7.88. The number of hydrogen-bond acceptors (Lipinski definition) is 8. The van der Waals surface area contributed by atoms with Crippen molar-refractivity contribution in [3.05, 3.63) is 77.1 Å². The molecule has 4 heterocycles. The molecule has 0 bridgehead atoms. The molecule has 11 heteroatoms. The van der Waals surface area contributed by atoms with Crippen LogP contribution >= 0.6 is 0 Å². The van der Waals surface area contributed by atoms with Crippen molar-refractivity contribution in [2.45, 2.75) is 45.4 Å². The van der Waals surface area contributed by atoms with Crippen LogP contribution in [0, 0.1) is 11.9 Å². The van der Waals surface area contributed by atoms with Gasteiger partial charge in [0.2, 0.25) is 5.95 Å². The number of hydrogen-bond donors (Lipinski definition) is 1. The molecule has 1 N–H and O–H groups in total. The highest BCUT2D eigenvalue weighted by molar-refractivity contribution is 5.93. The van der Waals surface area contributed by atoms with Crippen LogP contribution in [-0.4, -0.2) is 63.2 Å². The van der Waals surface area contributed by atoms with E-state index < -0.39 is 5.95 Å². The van der Waals surface area contributed by atoms with Gasteiger partial charge in [-0.1, -0.05) is 30.3 Å². The van der Waals surface area contributed by atoms with Crippen molar-refractivity contribution in [1.82, 2.24) is 29.9 Å². The number of carbonyl (C=O) groups excluding carboxylic acids is 2. The summed E-state index contributed by atoms with van der Waals surface area (Å²) in [6, 6.07) is 11.6. The van der Waals surface area contributed by atoms with Crippen LogP contribution in [0.2, 0.25) is 0 Å². The van der Waals surface area contributed by atoms with Gasteiger partial charge < -0.3 is 15.0 Å². The topological polar surface area (TPSA) is 115 Å². The van der Waals surface area contributed by atoms with Gasteiger partial charge in [0.1, 0.15) is 22.9 Å². The minimum Gasteiger partial charge on any atom is -0.469 e. The molecule has 4 aromatic rings. The maximum atomic E-state index is 15.3. The molecule has 10 nitrogen and oxygen atoms in total. The van der Waals surface area contributed by atoms with Gasteiger partial charge in [0.25, 0.3) is 5.91 Å². The van der Waals surface area contributed by atoms with Gasteiger partial charge in [-0.25, -0.2) is 14.5 Å². The summed E-state index contributed by atoms with van der Waals surface area (Å²) in [6.07, 6.45) is 6.85. The van der Waals surface area contributed by atoms with Gasteiger partial charge in [0.15, 0.2) is 5.65 Å². The first-order chi connectivity index (χ1) is 20.9. The van der Waals surface area contributed by atoms with Crippen LogP contribution in [0.1, 0.15) is 66.3 Å². The van der Waals surface area contributed by atoms with E-state index >= 15 is 4.39 Å². The van der Waals surface area contributed by atoms with E-state index in [4.69, 9.17) is 4.74 Å². The van der Waals surface area contributed by atoms with Crippen molar-refractivity contribution in [2.24, 2.45) is 5.92 Å². The van der Waals surface area contributed by atoms with Crippen LogP contribution in [-0.2, 0) is 16.0 Å². The quantitative estimate of drug-likeness (QED) is 0.285. The molecule has 6 rings (SSSR count). The number of nitrogens with one attached hydrogen (secondary N) is 1. The minimum atomic E-state index is -0.762. The summed E-state index contributed by atoms with van der Waals surface area (Å²) in [7, 11) is 1.36. The average molecular weight is 584 g/mol. The fourth-order valence-corrected chi connectivity index (χ4v) is 5.59. The second-order valence-electron chi connectivity index (χ2n) is 11.1. The molecule has 0 unspecified atom stereocenters. The van der Waals surface area contributed by atoms with Crippen molar-refractivity contribution in [3.63, 3.8) is 0 Å². The number of ether oxygens (including phenoxy) is 1. The first kappa shape index (κ1) is 28.4. The molecule has 1 aliphatic heterocycles. The van der Waals surface area contributed by atoms with Crippen LogP contribution in [0.4, 0.5) is 10.2 Å². The molecule has 2 fully saturated rings. The minimum absolute atomic E-state index is 0.000742. The zero-order valence-electron chi connectivity index (χ0n) is 24.5. The van der Waals surface area contributed by atoms with Crippen molar-refractivity contribution in [1.29, 1.82) is 0 Å². The largest absolute Gasteiger partial charge is 0.469 e. The Morgan fingerprint density at radius 3 is 2.72 bits per heavy atom. The lowest BCUT2D eigenvalue weighted by Crippen LogP contribution is -2.27. The summed E-state index contributed by atoms with van der Waals surface area (Å²) >= 11 is 0. The fourth-order valence-electron chi connectivity index (χ4n) is 5.59. The van der Waals surface area contributed by atoms with Gasteiger partial charge in [-0.05, 0) is 62.3 Å². The van der Waals surface area contributed by atoms with Crippen LogP contribution in [0.3, 0.4) is 0 Å². The summed E-state index contributed by atoms with van der Waals surface area (Å²) in [5.41, 5.74) is 5.44. The number of benzene rings is 1. The Hall–Kier alpha value is -4.67. The molecule has 43 heavy (non-hydrogen) atoms. The second kappa shape index (κ2) is 11.9. The number of amides is 1. The number of aromatic nitrogens is 5. The van der Waals surface area contributed by atoms with Crippen LogP contribution in [0.5, 0.6) is 0 Å². The van der Waals surface area contributed by atoms with E-state index in [0.29, 0.717) is 49.6 Å². The summed E-state index contributed by atoms with van der Waals surface area (Å²) in [5.74, 6) is -0.966. The van der Waals surface area contributed by atoms with Gasteiger partial charge >= 0.3 is 5.97 Å². The van der Waals surface area contributed by atoms with Crippen molar-refractivity contribution in [3.8, 4) is 11.4 Å². The van der Waals surface area contributed by atoms with E-state index in [9.17, 15) is 9.59 Å². The Labute approximate surface area is 249 Å². The molecular weight excluding hydrogens is 549 g/mol. The first-order valence-corrected chi connectivity index (χ1v) is 14.6. The van der Waals surface area contributed by atoms with E-state index in [2.05, 4.69) is 50.5 Å². The van der Waals surface area contributed by atoms with E-state index in [1.54, 1.807) is 16.6 Å². The first-order valence-electron chi connectivity index (χ1n) is 14.6. The van der Waals surface area contributed by atoms with E-state index in [1.165, 1.54) is 30.0 Å². The predicted molar refractivity (Wildman–Crippen MR) is 160 cm³/mol. The highest BCUT2D eigenvalue weighted by Gasteiger charge is 2.31. The van der Waals surface area contributed by atoms with E-state index in [0.717, 1.165) is 18.5 Å². The molecule has 222 valence electrons. The predicted octanol–water partition coefficient (Wildman–Crippen LogP) is 4.60. The lowest BCUT2D eigenvalue weighted by atomic mass is 9.98. The zero-order chi connectivity index (χ0) is 30.1. The molecular formula is C32H34FN7O3. The van der Waals surface area contributed by atoms with Crippen molar-refractivity contribution < 1.29 is 18.7 Å². The standard InChI is InChI=1S/C32H34FN7O3/c1-4-19(2)23-8-6-5-7-20(23)11-13-34-31(41)25-15-26(21-9-10-21)40-27(36-25)16-24(38-40)29-30(33)37-28(17-35-29)39-14-12-22(18-39)32(42)43-3/h4-8,15-17,21-22H,9-14,18H2,1-3H3,(H,34,41)/b19-4-/t22-/m0/s1. The summed E-state index contributed by atoms with van der Waals surface area (Å²) in [4.78, 5) is 39.9. The number of esters is 1. The molecule has 1 saturated carbocycles. The van der Waals surface area contributed by atoms with Gasteiger partial charge in [-0.2, -0.15) is 14.5 Å². The molecule has 0 spiro atoms. The van der Waals surface area contributed by atoms with Crippen LogP contribution < -0.4 is 10.2 Å². The highest BCUT2D eigenvalue weighted by Crippen LogP contribution is 2.40. The Morgan fingerprint density at radius 1 is 1.16 bits per heavy atom.